The number of anilines is 2. The monoisotopic (exact) mass is 367 g/mol. The van der Waals surface area contributed by atoms with Crippen LogP contribution in [0.5, 0.6) is 11.5 Å². The maximum atomic E-state index is 12.7. The van der Waals surface area contributed by atoms with E-state index in [4.69, 9.17) is 9.47 Å². The van der Waals surface area contributed by atoms with E-state index in [1.165, 1.54) is 0 Å². The number of hydrogen-bond acceptors (Lipinski definition) is 5. The van der Waals surface area contributed by atoms with Gasteiger partial charge in [0.15, 0.2) is 12.4 Å². The highest BCUT2D eigenvalue weighted by Crippen LogP contribution is 2.44. The number of nitrogens with zero attached hydrogens (tertiary/aromatic N) is 2. The van der Waals surface area contributed by atoms with Crippen LogP contribution in [-0.2, 0) is 11.3 Å². The van der Waals surface area contributed by atoms with Crippen LogP contribution in [-0.4, -0.2) is 45.3 Å². The predicted molar refractivity (Wildman–Crippen MR) is 106 cm³/mol. The Labute approximate surface area is 159 Å². The molecule has 142 valence electrons. The van der Waals surface area contributed by atoms with Crippen LogP contribution in [0, 0.1) is 0 Å². The first-order valence-electron chi connectivity index (χ1n) is 9.50. The van der Waals surface area contributed by atoms with Crippen molar-refractivity contribution in [2.75, 3.05) is 49.2 Å². The lowest BCUT2D eigenvalue weighted by Crippen LogP contribution is -2.44. The Morgan fingerprint density at radius 2 is 1.85 bits per heavy atom. The van der Waals surface area contributed by atoms with Crippen molar-refractivity contribution in [3.63, 3.8) is 0 Å². The summed E-state index contributed by atoms with van der Waals surface area (Å²) in [5, 5.41) is 3.37. The summed E-state index contributed by atoms with van der Waals surface area (Å²) in [4.78, 5) is 16.8. The van der Waals surface area contributed by atoms with E-state index in [1.54, 1.807) is 0 Å². The van der Waals surface area contributed by atoms with Gasteiger partial charge >= 0.3 is 0 Å². The molecule has 0 unspecified atom stereocenters. The molecule has 2 aliphatic rings. The van der Waals surface area contributed by atoms with Gasteiger partial charge in [0.2, 0.25) is 0 Å². The second kappa shape index (κ2) is 7.88. The van der Waals surface area contributed by atoms with E-state index in [-0.39, 0.29) is 12.5 Å². The summed E-state index contributed by atoms with van der Waals surface area (Å²) in [6.45, 7) is 6.79. The molecule has 1 saturated heterocycles. The van der Waals surface area contributed by atoms with Crippen LogP contribution < -0.4 is 24.6 Å². The Hall–Kier alpha value is -2.73. The molecule has 0 atom stereocenters. The Morgan fingerprint density at radius 1 is 1.11 bits per heavy atom. The summed E-state index contributed by atoms with van der Waals surface area (Å²) in [5.41, 5.74) is 2.88. The topological polar surface area (TPSA) is 54.0 Å². The lowest BCUT2D eigenvalue weighted by atomic mass is 10.1. The maximum Gasteiger partial charge on any atom is 0.265 e. The number of carbonyl (C=O) groups excluding carboxylic acids is 1. The summed E-state index contributed by atoms with van der Waals surface area (Å²) in [6.07, 6.45) is 0. The lowest BCUT2D eigenvalue weighted by Gasteiger charge is -2.36. The smallest absolute Gasteiger partial charge is 0.265 e. The molecule has 2 aromatic carbocycles. The van der Waals surface area contributed by atoms with E-state index in [1.807, 2.05) is 54.3 Å². The Kier molecular flexibility index (Phi) is 5.16. The quantitative estimate of drug-likeness (QED) is 0.880. The van der Waals surface area contributed by atoms with Gasteiger partial charge in [0.05, 0.1) is 24.5 Å². The molecular weight excluding hydrogens is 342 g/mol. The van der Waals surface area contributed by atoms with Crippen LogP contribution >= 0.6 is 0 Å². The molecule has 0 aliphatic carbocycles. The first-order chi connectivity index (χ1) is 13.3. The molecule has 2 aromatic rings. The number of benzene rings is 2. The average Bonchev–Trinajstić information content (AvgIpc) is 2.71. The first-order valence-corrected chi connectivity index (χ1v) is 9.50. The molecule has 0 saturated carbocycles. The fourth-order valence-electron chi connectivity index (χ4n) is 3.60. The van der Waals surface area contributed by atoms with Crippen molar-refractivity contribution in [1.29, 1.82) is 0 Å². The van der Waals surface area contributed by atoms with Crippen LogP contribution in [0.1, 0.15) is 12.5 Å². The number of hydrogen-bond donors (Lipinski definition) is 1. The molecule has 0 radical (unpaired) electrons. The van der Waals surface area contributed by atoms with Crippen molar-refractivity contribution in [2.45, 2.75) is 13.5 Å². The van der Waals surface area contributed by atoms with Gasteiger partial charge in [-0.2, -0.15) is 0 Å². The molecule has 4 rings (SSSR count). The van der Waals surface area contributed by atoms with Gasteiger partial charge < -0.3 is 24.6 Å². The van der Waals surface area contributed by atoms with Gasteiger partial charge in [0.25, 0.3) is 5.91 Å². The summed E-state index contributed by atoms with van der Waals surface area (Å²) < 4.78 is 11.7. The van der Waals surface area contributed by atoms with Crippen LogP contribution in [0.15, 0.2) is 42.5 Å². The summed E-state index contributed by atoms with van der Waals surface area (Å²) >= 11 is 0. The fourth-order valence-corrected chi connectivity index (χ4v) is 3.60. The zero-order valence-corrected chi connectivity index (χ0v) is 15.6. The first kappa shape index (κ1) is 17.7. The fraction of sp³-hybridized carbons (Fsp3) is 0.381. The second-order valence-electron chi connectivity index (χ2n) is 6.71. The van der Waals surface area contributed by atoms with Gasteiger partial charge in [-0.1, -0.05) is 30.3 Å². The van der Waals surface area contributed by atoms with E-state index in [2.05, 4.69) is 10.2 Å². The largest absolute Gasteiger partial charge is 0.494 e. The molecule has 6 heteroatoms. The molecule has 2 heterocycles. The zero-order chi connectivity index (χ0) is 18.6. The zero-order valence-electron chi connectivity index (χ0n) is 15.6. The summed E-state index contributed by atoms with van der Waals surface area (Å²) in [6, 6.07) is 14.0. The third-order valence-electron chi connectivity index (χ3n) is 4.91. The average molecular weight is 367 g/mol. The number of carbonyl (C=O) groups is 1. The maximum absolute atomic E-state index is 12.7. The summed E-state index contributed by atoms with van der Waals surface area (Å²) in [7, 11) is 0. The molecule has 27 heavy (non-hydrogen) atoms. The van der Waals surface area contributed by atoms with E-state index in [9.17, 15) is 4.79 Å². The van der Waals surface area contributed by atoms with Crippen LogP contribution in [0.4, 0.5) is 11.4 Å². The Morgan fingerprint density at radius 3 is 2.59 bits per heavy atom. The Balaban J connectivity index is 1.75. The van der Waals surface area contributed by atoms with E-state index in [0.717, 1.165) is 54.6 Å². The van der Waals surface area contributed by atoms with E-state index in [0.29, 0.717) is 13.2 Å². The molecule has 1 N–H and O–H groups in total. The molecular formula is C21H25N3O3. The van der Waals surface area contributed by atoms with Crippen molar-refractivity contribution in [3.8, 4) is 11.5 Å². The molecule has 1 fully saturated rings. The molecule has 0 aromatic heterocycles. The highest BCUT2D eigenvalue weighted by atomic mass is 16.5. The van der Waals surface area contributed by atoms with Gasteiger partial charge in [0.1, 0.15) is 5.75 Å². The number of amides is 1. The van der Waals surface area contributed by atoms with Crippen molar-refractivity contribution in [2.24, 2.45) is 0 Å². The van der Waals surface area contributed by atoms with Gasteiger partial charge in [0, 0.05) is 38.3 Å². The lowest BCUT2D eigenvalue weighted by molar-refractivity contribution is -0.121. The number of nitrogens with one attached hydrogen (secondary N) is 1. The molecule has 0 spiro atoms. The number of ether oxygens (including phenoxy) is 2. The normalized spacial score (nSPS) is 16.7. The number of rotatable bonds is 5. The van der Waals surface area contributed by atoms with Gasteiger partial charge in [-0.15, -0.1) is 0 Å². The van der Waals surface area contributed by atoms with Crippen LogP contribution in [0.3, 0.4) is 0 Å². The Bertz CT molecular complexity index is 804. The van der Waals surface area contributed by atoms with Crippen molar-refractivity contribution in [1.82, 2.24) is 5.32 Å². The third kappa shape index (κ3) is 3.71. The van der Waals surface area contributed by atoms with Gasteiger partial charge in [-0.05, 0) is 12.5 Å². The van der Waals surface area contributed by atoms with Crippen molar-refractivity contribution in [3.05, 3.63) is 48.0 Å². The minimum atomic E-state index is -0.0359. The van der Waals surface area contributed by atoms with Crippen molar-refractivity contribution >= 4 is 17.3 Å². The van der Waals surface area contributed by atoms with Crippen LogP contribution in [0.25, 0.3) is 0 Å². The van der Waals surface area contributed by atoms with E-state index >= 15 is 0 Å². The third-order valence-corrected chi connectivity index (χ3v) is 4.91. The molecule has 1 amide bonds. The van der Waals surface area contributed by atoms with Gasteiger partial charge in [-0.25, -0.2) is 0 Å². The molecule has 2 aliphatic heterocycles. The van der Waals surface area contributed by atoms with Crippen LogP contribution in [0.2, 0.25) is 0 Å². The minimum Gasteiger partial charge on any atom is -0.494 e. The SMILES string of the molecule is CCOc1cc(N2CCNCC2)c2c(c1)N(Cc1ccccc1)C(=O)CO2. The highest BCUT2D eigenvalue weighted by Gasteiger charge is 2.30. The second-order valence-corrected chi connectivity index (χ2v) is 6.71. The van der Waals surface area contributed by atoms with Crippen molar-refractivity contribution < 1.29 is 14.3 Å². The standard InChI is InChI=1S/C21H25N3O3/c1-2-26-17-12-18(23-10-8-22-9-11-23)21-19(13-17)24(20(25)15-27-21)14-16-6-4-3-5-7-16/h3-7,12-13,22H,2,8-11,14-15H2,1H3. The molecule has 6 nitrogen and oxygen atoms in total. The van der Waals surface area contributed by atoms with E-state index < -0.39 is 0 Å². The minimum absolute atomic E-state index is 0.0359. The number of fused-ring (bicyclic) bond motifs is 1. The highest BCUT2D eigenvalue weighted by molar-refractivity contribution is 5.99. The van der Waals surface area contributed by atoms with Gasteiger partial charge in [-0.3, -0.25) is 4.79 Å². The predicted octanol–water partition coefficient (Wildman–Crippen LogP) is 2.42. The summed E-state index contributed by atoms with van der Waals surface area (Å²) in [5.74, 6) is 1.50. The molecule has 0 bridgehead atoms. The number of piperazine rings is 1.